The van der Waals surface area contributed by atoms with Crippen LogP contribution in [0.4, 0.5) is 0 Å². The molecule has 5 nitrogen and oxygen atoms in total. The minimum Gasteiger partial charge on any atom is -0.508 e. The Kier molecular flexibility index (Phi) is 2.47. The molecule has 3 N–H and O–H groups in total. The summed E-state index contributed by atoms with van der Waals surface area (Å²) < 4.78 is 4.91. The Bertz CT molecular complexity index is 367. The number of benzene rings is 1. The first-order chi connectivity index (χ1) is 7.15. The van der Waals surface area contributed by atoms with Crippen LogP contribution >= 0.6 is 0 Å². The number of amides is 1. The summed E-state index contributed by atoms with van der Waals surface area (Å²) in [6.45, 7) is 1.02. The van der Waals surface area contributed by atoms with Gasteiger partial charge in [0, 0.05) is 11.6 Å². The molecule has 0 saturated carbocycles. The normalized spacial score (nSPS) is 15.7. The van der Waals surface area contributed by atoms with Gasteiger partial charge in [-0.1, -0.05) is 0 Å². The molecule has 1 aliphatic rings. The summed E-state index contributed by atoms with van der Waals surface area (Å²) in [5.41, 5.74) is 0.236. The van der Waals surface area contributed by atoms with Crippen molar-refractivity contribution in [3.8, 4) is 11.5 Å². The van der Waals surface area contributed by atoms with E-state index < -0.39 is 0 Å². The number of carbonyl (C=O) groups excluding carboxylic acids is 1. The van der Waals surface area contributed by atoms with Gasteiger partial charge in [-0.3, -0.25) is 4.79 Å². The highest BCUT2D eigenvalue weighted by atomic mass is 16.5. The molecule has 80 valence electrons. The molecule has 1 aromatic carbocycles. The zero-order valence-electron chi connectivity index (χ0n) is 7.93. The number of phenols is 2. The third-order valence-corrected chi connectivity index (χ3v) is 2.14. The van der Waals surface area contributed by atoms with Gasteiger partial charge >= 0.3 is 0 Å². The minimum absolute atomic E-state index is 0.0296. The maximum Gasteiger partial charge on any atom is 0.251 e. The average Bonchev–Trinajstić information content (AvgIpc) is 2.09. The molecule has 1 saturated heterocycles. The van der Waals surface area contributed by atoms with E-state index in [4.69, 9.17) is 4.74 Å². The van der Waals surface area contributed by atoms with Crippen LogP contribution in [0, 0.1) is 0 Å². The van der Waals surface area contributed by atoms with E-state index in [0.29, 0.717) is 13.2 Å². The molecule has 1 aliphatic heterocycles. The van der Waals surface area contributed by atoms with Crippen LogP contribution in [0.1, 0.15) is 10.4 Å². The molecule has 1 fully saturated rings. The smallest absolute Gasteiger partial charge is 0.251 e. The van der Waals surface area contributed by atoms with Crippen molar-refractivity contribution in [3.63, 3.8) is 0 Å². The minimum atomic E-state index is -0.325. The summed E-state index contributed by atoms with van der Waals surface area (Å²) in [5.74, 6) is -0.593. The molecule has 0 atom stereocenters. The molecular formula is C10H11NO4. The second-order valence-electron chi connectivity index (χ2n) is 3.45. The largest absolute Gasteiger partial charge is 0.508 e. The van der Waals surface area contributed by atoms with Crippen molar-refractivity contribution in [1.29, 1.82) is 0 Å². The van der Waals surface area contributed by atoms with Crippen LogP contribution < -0.4 is 5.32 Å². The topological polar surface area (TPSA) is 78.8 Å². The van der Waals surface area contributed by atoms with Gasteiger partial charge in [-0.25, -0.2) is 0 Å². The Balaban J connectivity index is 2.10. The summed E-state index contributed by atoms with van der Waals surface area (Å²) in [4.78, 5) is 11.6. The molecule has 0 unspecified atom stereocenters. The van der Waals surface area contributed by atoms with E-state index in [1.165, 1.54) is 18.2 Å². The molecule has 2 rings (SSSR count). The van der Waals surface area contributed by atoms with Gasteiger partial charge in [0.05, 0.1) is 19.3 Å². The lowest BCUT2D eigenvalue weighted by Crippen LogP contribution is -2.48. The molecule has 5 heteroatoms. The molecule has 0 radical (unpaired) electrons. The van der Waals surface area contributed by atoms with E-state index in [1.54, 1.807) is 0 Å². The number of carbonyl (C=O) groups is 1. The van der Waals surface area contributed by atoms with Crippen LogP contribution in [0.5, 0.6) is 11.5 Å². The Labute approximate surface area is 86.3 Å². The van der Waals surface area contributed by atoms with Gasteiger partial charge in [-0.05, 0) is 12.1 Å². The molecule has 0 aromatic heterocycles. The lowest BCUT2D eigenvalue weighted by atomic mass is 10.1. The summed E-state index contributed by atoms with van der Waals surface area (Å²) >= 11 is 0. The summed E-state index contributed by atoms with van der Waals surface area (Å²) in [6.07, 6.45) is 0. The molecule has 15 heavy (non-hydrogen) atoms. The van der Waals surface area contributed by atoms with Gasteiger partial charge in [-0.2, -0.15) is 0 Å². The van der Waals surface area contributed by atoms with Gasteiger partial charge in [0.1, 0.15) is 11.5 Å². The molecular weight excluding hydrogens is 198 g/mol. The predicted molar refractivity (Wildman–Crippen MR) is 51.8 cm³/mol. The monoisotopic (exact) mass is 209 g/mol. The molecule has 1 heterocycles. The third kappa shape index (κ3) is 2.19. The molecule has 1 aromatic rings. The van der Waals surface area contributed by atoms with Crippen molar-refractivity contribution in [2.45, 2.75) is 6.04 Å². The Morgan fingerprint density at radius 2 is 1.87 bits per heavy atom. The van der Waals surface area contributed by atoms with Gasteiger partial charge in [0.2, 0.25) is 0 Å². The van der Waals surface area contributed by atoms with Crippen molar-refractivity contribution in [1.82, 2.24) is 5.32 Å². The zero-order chi connectivity index (χ0) is 10.8. The summed E-state index contributed by atoms with van der Waals surface area (Å²) in [7, 11) is 0. The first kappa shape index (κ1) is 9.79. The lowest BCUT2D eigenvalue weighted by Gasteiger charge is -2.26. The first-order valence-electron chi connectivity index (χ1n) is 4.57. The van der Waals surface area contributed by atoms with Crippen molar-refractivity contribution < 1.29 is 19.7 Å². The fourth-order valence-electron chi connectivity index (χ4n) is 1.31. The Morgan fingerprint density at radius 3 is 2.33 bits per heavy atom. The number of hydrogen-bond donors (Lipinski definition) is 3. The molecule has 0 spiro atoms. The van der Waals surface area contributed by atoms with Crippen LogP contribution in [-0.4, -0.2) is 35.4 Å². The van der Waals surface area contributed by atoms with Crippen LogP contribution in [-0.2, 0) is 4.74 Å². The number of ether oxygens (including phenoxy) is 1. The van der Waals surface area contributed by atoms with Gasteiger partial charge < -0.3 is 20.3 Å². The fraction of sp³-hybridized carbons (Fsp3) is 0.300. The Hall–Kier alpha value is -1.75. The molecule has 1 amide bonds. The number of rotatable bonds is 2. The highest BCUT2D eigenvalue weighted by Crippen LogP contribution is 2.20. The van der Waals surface area contributed by atoms with Crippen LogP contribution in [0.15, 0.2) is 18.2 Å². The number of aromatic hydroxyl groups is 2. The van der Waals surface area contributed by atoms with Crippen LogP contribution in [0.25, 0.3) is 0 Å². The van der Waals surface area contributed by atoms with Gasteiger partial charge in [-0.15, -0.1) is 0 Å². The highest BCUT2D eigenvalue weighted by Gasteiger charge is 2.21. The van der Waals surface area contributed by atoms with Crippen molar-refractivity contribution in [2.24, 2.45) is 0 Å². The maximum atomic E-state index is 11.6. The predicted octanol–water partition coefficient (Wildman–Crippen LogP) is 0.226. The van der Waals surface area contributed by atoms with E-state index >= 15 is 0 Å². The first-order valence-corrected chi connectivity index (χ1v) is 4.57. The summed E-state index contributed by atoms with van der Waals surface area (Å²) in [6, 6.07) is 3.80. The second-order valence-corrected chi connectivity index (χ2v) is 3.45. The lowest BCUT2D eigenvalue weighted by molar-refractivity contribution is -0.00347. The van der Waals surface area contributed by atoms with Crippen LogP contribution in [0.2, 0.25) is 0 Å². The molecule has 0 aliphatic carbocycles. The van der Waals surface area contributed by atoms with E-state index in [9.17, 15) is 15.0 Å². The van der Waals surface area contributed by atoms with Gasteiger partial charge in [0.15, 0.2) is 0 Å². The third-order valence-electron chi connectivity index (χ3n) is 2.14. The Morgan fingerprint density at radius 1 is 1.27 bits per heavy atom. The van der Waals surface area contributed by atoms with Gasteiger partial charge in [0.25, 0.3) is 5.91 Å². The average molecular weight is 209 g/mol. The SMILES string of the molecule is O=C(NC1COC1)c1cc(O)cc(O)c1. The van der Waals surface area contributed by atoms with E-state index in [-0.39, 0.29) is 29.0 Å². The summed E-state index contributed by atoms with van der Waals surface area (Å²) in [5, 5.41) is 21.1. The van der Waals surface area contributed by atoms with E-state index in [0.717, 1.165) is 0 Å². The standard InChI is InChI=1S/C10H11NO4/c12-8-1-6(2-9(13)3-8)10(14)11-7-4-15-5-7/h1-3,7,12-13H,4-5H2,(H,11,14). The number of hydrogen-bond acceptors (Lipinski definition) is 4. The quantitative estimate of drug-likeness (QED) is 0.651. The molecule has 0 bridgehead atoms. The van der Waals surface area contributed by atoms with E-state index in [2.05, 4.69) is 5.32 Å². The number of phenolic OH excluding ortho intramolecular Hbond substituents is 2. The van der Waals surface area contributed by atoms with Crippen molar-refractivity contribution in [2.75, 3.05) is 13.2 Å². The zero-order valence-corrected chi connectivity index (χ0v) is 7.93. The van der Waals surface area contributed by atoms with Crippen molar-refractivity contribution >= 4 is 5.91 Å². The van der Waals surface area contributed by atoms with Crippen molar-refractivity contribution in [3.05, 3.63) is 23.8 Å². The fourth-order valence-corrected chi connectivity index (χ4v) is 1.31. The van der Waals surface area contributed by atoms with E-state index in [1.807, 2.05) is 0 Å². The maximum absolute atomic E-state index is 11.6. The highest BCUT2D eigenvalue weighted by molar-refractivity contribution is 5.95. The number of nitrogens with one attached hydrogen (secondary N) is 1. The second kappa shape index (κ2) is 3.78. The van der Waals surface area contributed by atoms with Crippen LogP contribution in [0.3, 0.4) is 0 Å².